The van der Waals surface area contributed by atoms with E-state index in [0.717, 1.165) is 11.5 Å². The molecule has 1 N–H and O–H groups in total. The van der Waals surface area contributed by atoms with Gasteiger partial charge in [0.1, 0.15) is 5.82 Å². The topological polar surface area (TPSA) is 63.1 Å². The molecule has 2 rings (SSSR count). The number of carboxylic acid groups (broad SMARTS) is 1. The van der Waals surface area contributed by atoms with Crippen LogP contribution in [0, 0.1) is 0 Å². The Kier molecular flexibility index (Phi) is 3.70. The zero-order chi connectivity index (χ0) is 11.5. The van der Waals surface area contributed by atoms with E-state index >= 15 is 0 Å². The molecule has 1 aromatic heterocycles. The highest BCUT2D eigenvalue weighted by atomic mass is 32.2. The Morgan fingerprint density at radius 3 is 2.94 bits per heavy atom. The van der Waals surface area contributed by atoms with Crippen molar-refractivity contribution in [3.05, 3.63) is 23.8 Å². The maximum Gasteiger partial charge on any atom is 0.354 e. The van der Waals surface area contributed by atoms with Crippen molar-refractivity contribution in [2.45, 2.75) is 17.4 Å². The average Bonchev–Trinajstić information content (AvgIpc) is 2.30. The van der Waals surface area contributed by atoms with Crippen molar-refractivity contribution in [1.82, 2.24) is 9.97 Å². The van der Waals surface area contributed by atoms with Crippen LogP contribution in [0.15, 0.2) is 12.3 Å². The second-order valence-corrected chi connectivity index (χ2v) is 6.21. The Balaban J connectivity index is 2.25. The summed E-state index contributed by atoms with van der Waals surface area (Å²) in [6.07, 6.45) is 1.53. The van der Waals surface area contributed by atoms with Gasteiger partial charge in [-0.05, 0) is 6.07 Å². The summed E-state index contributed by atoms with van der Waals surface area (Å²) in [6, 6.07) is 1.43. The van der Waals surface area contributed by atoms with Gasteiger partial charge in [-0.3, -0.25) is 0 Å². The van der Waals surface area contributed by atoms with Crippen molar-refractivity contribution in [3.8, 4) is 0 Å². The average molecular weight is 256 g/mol. The van der Waals surface area contributed by atoms with Crippen molar-refractivity contribution in [1.29, 1.82) is 0 Å². The third kappa shape index (κ3) is 2.49. The molecular formula is C10H12N2O2S2. The molecule has 1 saturated heterocycles. The smallest absolute Gasteiger partial charge is 0.354 e. The predicted molar refractivity (Wildman–Crippen MR) is 66.1 cm³/mol. The van der Waals surface area contributed by atoms with Gasteiger partial charge in [0.2, 0.25) is 0 Å². The zero-order valence-electron chi connectivity index (χ0n) is 8.79. The summed E-state index contributed by atoms with van der Waals surface area (Å²) in [5.41, 5.74) is 0.0772. The Hall–Kier alpha value is -0.750. The lowest BCUT2D eigenvalue weighted by atomic mass is 10.3. The number of aromatic nitrogens is 2. The van der Waals surface area contributed by atoms with Crippen molar-refractivity contribution in [2.24, 2.45) is 0 Å². The number of aromatic carboxylic acids is 1. The summed E-state index contributed by atoms with van der Waals surface area (Å²) in [6.45, 7) is 2.14. The van der Waals surface area contributed by atoms with E-state index in [1.165, 1.54) is 12.3 Å². The lowest BCUT2D eigenvalue weighted by Crippen LogP contribution is -2.19. The summed E-state index contributed by atoms with van der Waals surface area (Å²) in [5.74, 6) is 1.86. The fourth-order valence-electron chi connectivity index (χ4n) is 1.55. The fraction of sp³-hybridized carbons (Fsp3) is 0.500. The van der Waals surface area contributed by atoms with Crippen LogP contribution in [0.1, 0.15) is 28.5 Å². The van der Waals surface area contributed by atoms with Gasteiger partial charge in [0.25, 0.3) is 0 Å². The highest BCUT2D eigenvalue weighted by Gasteiger charge is 2.26. The van der Waals surface area contributed by atoms with Crippen LogP contribution < -0.4 is 0 Å². The van der Waals surface area contributed by atoms with Crippen molar-refractivity contribution in [3.63, 3.8) is 0 Å². The number of thioether (sulfide) groups is 2. The fourth-order valence-corrected chi connectivity index (χ4v) is 4.24. The van der Waals surface area contributed by atoms with Gasteiger partial charge < -0.3 is 5.11 Å². The zero-order valence-corrected chi connectivity index (χ0v) is 10.4. The van der Waals surface area contributed by atoms with E-state index in [-0.39, 0.29) is 10.9 Å². The number of hydrogen-bond donors (Lipinski definition) is 1. The monoisotopic (exact) mass is 256 g/mol. The van der Waals surface area contributed by atoms with E-state index < -0.39 is 5.97 Å². The van der Waals surface area contributed by atoms with Crippen LogP contribution in [0.5, 0.6) is 0 Å². The lowest BCUT2D eigenvalue weighted by molar-refractivity contribution is 0.0690. The molecule has 0 bridgehead atoms. The number of carbonyl (C=O) groups is 1. The summed E-state index contributed by atoms with van der Waals surface area (Å²) >= 11 is 3.69. The summed E-state index contributed by atoms with van der Waals surface area (Å²) in [7, 11) is 0. The molecular weight excluding hydrogens is 244 g/mol. The van der Waals surface area contributed by atoms with E-state index in [1.807, 2.05) is 11.8 Å². The molecule has 0 saturated carbocycles. The summed E-state index contributed by atoms with van der Waals surface area (Å²) < 4.78 is 0. The predicted octanol–water partition coefficient (Wildman–Crippen LogP) is 2.08. The largest absolute Gasteiger partial charge is 0.477 e. The quantitative estimate of drug-likeness (QED) is 0.874. The Bertz CT molecular complexity index is 400. The van der Waals surface area contributed by atoms with Gasteiger partial charge in [0, 0.05) is 23.0 Å². The first-order chi connectivity index (χ1) is 7.68. The van der Waals surface area contributed by atoms with Gasteiger partial charge in [0.05, 0.1) is 5.25 Å². The van der Waals surface area contributed by atoms with Crippen molar-refractivity contribution in [2.75, 3.05) is 11.5 Å². The van der Waals surface area contributed by atoms with Gasteiger partial charge >= 0.3 is 5.97 Å². The third-order valence-electron chi connectivity index (χ3n) is 2.34. The summed E-state index contributed by atoms with van der Waals surface area (Å²) in [4.78, 5) is 19.1. The number of hydrogen-bond acceptors (Lipinski definition) is 5. The number of nitrogens with zero attached hydrogens (tertiary/aromatic N) is 2. The van der Waals surface area contributed by atoms with Gasteiger partial charge in [-0.2, -0.15) is 11.8 Å². The molecule has 2 atom stereocenters. The minimum atomic E-state index is -0.996. The Morgan fingerprint density at radius 1 is 1.50 bits per heavy atom. The lowest BCUT2D eigenvalue weighted by Gasteiger charge is -2.26. The van der Waals surface area contributed by atoms with Gasteiger partial charge in [-0.25, -0.2) is 14.8 Å². The van der Waals surface area contributed by atoms with Crippen LogP contribution in [0.3, 0.4) is 0 Å². The number of rotatable bonds is 2. The molecule has 1 fully saturated rings. The molecule has 0 radical (unpaired) electrons. The van der Waals surface area contributed by atoms with Crippen LogP contribution in [-0.2, 0) is 0 Å². The van der Waals surface area contributed by atoms with Crippen LogP contribution in [0.4, 0.5) is 0 Å². The Morgan fingerprint density at radius 2 is 2.25 bits per heavy atom. The first-order valence-electron chi connectivity index (χ1n) is 4.98. The molecule has 0 aliphatic carbocycles. The van der Waals surface area contributed by atoms with E-state index in [9.17, 15) is 4.79 Å². The third-order valence-corrected chi connectivity index (χ3v) is 5.42. The van der Waals surface area contributed by atoms with Gasteiger partial charge in [-0.1, -0.05) is 6.92 Å². The molecule has 16 heavy (non-hydrogen) atoms. The van der Waals surface area contributed by atoms with Crippen LogP contribution >= 0.6 is 23.5 Å². The first kappa shape index (κ1) is 11.7. The molecule has 0 amide bonds. The van der Waals surface area contributed by atoms with Gasteiger partial charge in [0.15, 0.2) is 5.69 Å². The SMILES string of the molecule is CC1SCCSC1c1nccc(C(=O)O)n1. The van der Waals surface area contributed by atoms with Crippen LogP contribution in [0.25, 0.3) is 0 Å². The number of carboxylic acids is 1. The van der Waals surface area contributed by atoms with E-state index in [4.69, 9.17) is 5.11 Å². The van der Waals surface area contributed by atoms with Gasteiger partial charge in [-0.15, -0.1) is 11.8 Å². The minimum absolute atomic E-state index is 0.0772. The molecule has 1 aliphatic heterocycles. The van der Waals surface area contributed by atoms with E-state index in [0.29, 0.717) is 11.1 Å². The van der Waals surface area contributed by atoms with Crippen LogP contribution in [-0.4, -0.2) is 37.8 Å². The molecule has 2 unspecified atom stereocenters. The molecule has 4 nitrogen and oxygen atoms in total. The summed E-state index contributed by atoms with van der Waals surface area (Å²) in [5, 5.41) is 9.51. The molecule has 6 heteroatoms. The second-order valence-electron chi connectivity index (χ2n) is 3.47. The van der Waals surface area contributed by atoms with E-state index in [1.54, 1.807) is 11.8 Å². The van der Waals surface area contributed by atoms with E-state index in [2.05, 4.69) is 16.9 Å². The molecule has 0 spiro atoms. The molecule has 86 valence electrons. The standard InChI is InChI=1S/C10H12N2O2S2/c1-6-8(16-5-4-15-6)9-11-3-2-7(12-9)10(13)14/h2-3,6,8H,4-5H2,1H3,(H,13,14). The van der Waals surface area contributed by atoms with Crippen molar-refractivity contribution < 1.29 is 9.90 Å². The first-order valence-corrected chi connectivity index (χ1v) is 7.07. The molecule has 2 heterocycles. The minimum Gasteiger partial charge on any atom is -0.477 e. The highest BCUT2D eigenvalue weighted by molar-refractivity contribution is 8.06. The normalized spacial score (nSPS) is 25.3. The molecule has 1 aliphatic rings. The maximum absolute atomic E-state index is 10.8. The van der Waals surface area contributed by atoms with Crippen molar-refractivity contribution >= 4 is 29.5 Å². The highest BCUT2D eigenvalue weighted by Crippen LogP contribution is 2.40. The Labute approximate surface area is 102 Å². The molecule has 0 aromatic carbocycles. The maximum atomic E-state index is 10.8. The molecule has 1 aromatic rings. The second kappa shape index (κ2) is 5.05. The van der Waals surface area contributed by atoms with Crippen LogP contribution in [0.2, 0.25) is 0 Å².